The lowest BCUT2D eigenvalue weighted by Gasteiger charge is -2.30. The fourth-order valence-corrected chi connectivity index (χ4v) is 4.99. The van der Waals surface area contributed by atoms with Crippen LogP contribution in [-0.2, 0) is 11.2 Å². The molecule has 0 amide bonds. The van der Waals surface area contributed by atoms with Crippen molar-refractivity contribution in [1.29, 1.82) is 0 Å². The molecule has 166 valence electrons. The predicted molar refractivity (Wildman–Crippen MR) is 119 cm³/mol. The van der Waals surface area contributed by atoms with Gasteiger partial charge in [-0.15, -0.1) is 0 Å². The van der Waals surface area contributed by atoms with E-state index in [4.69, 9.17) is 0 Å². The largest absolute Gasteiger partial charge is 0.867 e. The molecule has 0 bridgehead atoms. The number of carboxylic acids is 1. The van der Waals surface area contributed by atoms with Crippen LogP contribution < -0.4 is 5.11 Å². The number of allylic oxidation sites excluding steroid dienone is 4. The monoisotopic (exact) mass is 575 g/mol. The lowest BCUT2D eigenvalue weighted by molar-refractivity contribution is -0.418. The van der Waals surface area contributed by atoms with Crippen LogP contribution in [0.2, 0.25) is 0 Å². The summed E-state index contributed by atoms with van der Waals surface area (Å²) in [5.41, 5.74) is -0.510. The molecule has 0 aromatic heterocycles. The van der Waals surface area contributed by atoms with E-state index in [1.165, 1.54) is 18.2 Å². The van der Waals surface area contributed by atoms with Crippen molar-refractivity contribution in [3.05, 3.63) is 105 Å². The summed E-state index contributed by atoms with van der Waals surface area (Å²) in [6.07, 6.45) is 0.981. The van der Waals surface area contributed by atoms with E-state index in [-0.39, 0.29) is 43.2 Å². The number of carbonyl (C=O) groups excluding carboxylic acids is 1. The van der Waals surface area contributed by atoms with Gasteiger partial charge in [0.05, 0.1) is 19.9 Å². The van der Waals surface area contributed by atoms with Gasteiger partial charge in [-0.05, 0) is 61.2 Å². The van der Waals surface area contributed by atoms with Crippen molar-refractivity contribution in [2.24, 2.45) is 0 Å². The third-order valence-corrected chi connectivity index (χ3v) is 7.00. The van der Waals surface area contributed by atoms with Gasteiger partial charge in [0.2, 0.25) is 0 Å². The number of carbonyl (C=O) groups is 2. The first-order valence-corrected chi connectivity index (χ1v) is 10.7. The van der Waals surface area contributed by atoms with E-state index in [1.807, 2.05) is 0 Å². The number of nitrogens with zero attached hydrogens (tertiary/aromatic N) is 2. The first-order valence-electron chi connectivity index (χ1n) is 9.08. The van der Waals surface area contributed by atoms with Crippen LogP contribution in [0.1, 0.15) is 27.0 Å². The molecule has 0 heterocycles. The molecule has 2 aromatic carbocycles. The number of fused-ring (bicyclic) bond motifs is 2. The fraction of sp³-hybridized carbons (Fsp3) is 0.0476. The van der Waals surface area contributed by atoms with E-state index >= 15 is 0 Å². The Morgan fingerprint density at radius 3 is 2.33 bits per heavy atom. The average molecular weight is 577 g/mol. The van der Waals surface area contributed by atoms with E-state index in [0.717, 1.165) is 12.1 Å². The summed E-state index contributed by atoms with van der Waals surface area (Å²) >= 11 is 6.23. The van der Waals surface area contributed by atoms with Crippen LogP contribution >= 0.6 is 31.9 Å². The number of rotatable bonds is 4. The third kappa shape index (κ3) is 3.47. The standard InChI is InChI=1S/C21H10Br2N2O8/c22-17-12-5-13-11(7-15(25(32)33)20(27)18(13)23)16(8-3-1-2-4-9(8)21(28)29)10(12)6-14(19(17)26)24(30)31/h1-4,6-7,26H,5H2,(H,28,29)/p-1. The smallest absolute Gasteiger partial charge is 0.336 e. The highest BCUT2D eigenvalue weighted by Gasteiger charge is 2.38. The third-order valence-electron chi connectivity index (χ3n) is 5.32. The van der Waals surface area contributed by atoms with Crippen LogP contribution in [0, 0.1) is 20.2 Å². The zero-order chi connectivity index (χ0) is 24.2. The molecule has 0 unspecified atom stereocenters. The quantitative estimate of drug-likeness (QED) is 0.423. The van der Waals surface area contributed by atoms with Crippen molar-refractivity contribution in [3.8, 4) is 5.75 Å². The normalized spacial score (nSPS) is 15.1. The Balaban J connectivity index is 2.23. The molecular weight excluding hydrogens is 568 g/mol. The molecule has 0 spiro atoms. The Bertz CT molecular complexity index is 1420. The number of nitro groups is 2. The molecule has 0 radical (unpaired) electrons. The van der Waals surface area contributed by atoms with Gasteiger partial charge in [-0.2, -0.15) is 0 Å². The molecule has 0 aliphatic heterocycles. The summed E-state index contributed by atoms with van der Waals surface area (Å²) in [4.78, 5) is 45.8. The van der Waals surface area contributed by atoms with Gasteiger partial charge in [-0.3, -0.25) is 25.0 Å². The van der Waals surface area contributed by atoms with Gasteiger partial charge in [0.15, 0.2) is 0 Å². The minimum atomic E-state index is -1.30. The minimum absolute atomic E-state index is 0.0506. The lowest BCUT2D eigenvalue weighted by Crippen LogP contribution is -2.22. The fourth-order valence-electron chi connectivity index (χ4n) is 3.88. The van der Waals surface area contributed by atoms with E-state index in [0.29, 0.717) is 11.1 Å². The highest BCUT2D eigenvalue weighted by molar-refractivity contribution is 9.12. The molecule has 0 saturated heterocycles. The molecule has 33 heavy (non-hydrogen) atoms. The van der Waals surface area contributed by atoms with E-state index in [1.54, 1.807) is 6.07 Å². The van der Waals surface area contributed by atoms with Gasteiger partial charge in [-0.1, -0.05) is 34.1 Å². The van der Waals surface area contributed by atoms with Crippen LogP contribution in [0.5, 0.6) is 5.75 Å². The van der Waals surface area contributed by atoms with Crippen LogP contribution in [0.3, 0.4) is 0 Å². The number of aromatic carboxylic acids is 1. The summed E-state index contributed by atoms with van der Waals surface area (Å²) in [5.74, 6) is -3.06. The SMILES string of the molecule is O=C1C([N+](=O)[O-])=CC2=C(c3ccccc3C(=O)O)c3cc([N+](=O)[O-])c([O-])c(Br)c3CC2=C1Br. The van der Waals surface area contributed by atoms with Gasteiger partial charge in [0.25, 0.3) is 11.5 Å². The number of Topliss-reactive ketones (excluding diaryl/α,β-unsaturated/α-hetero) is 1. The van der Waals surface area contributed by atoms with Crippen LogP contribution in [0.4, 0.5) is 5.69 Å². The zero-order valence-electron chi connectivity index (χ0n) is 16.1. The van der Waals surface area contributed by atoms with Crippen LogP contribution in [0.15, 0.2) is 62.2 Å². The molecule has 2 aliphatic carbocycles. The summed E-state index contributed by atoms with van der Waals surface area (Å²) in [7, 11) is 0. The van der Waals surface area contributed by atoms with Crippen LogP contribution in [-0.4, -0.2) is 26.7 Å². The van der Waals surface area contributed by atoms with Crippen molar-refractivity contribution >= 4 is 54.9 Å². The molecule has 10 nitrogen and oxygen atoms in total. The maximum Gasteiger partial charge on any atom is 0.336 e. The Morgan fingerprint density at radius 2 is 1.73 bits per heavy atom. The molecular formula is C21H9Br2N2O8-. The Kier molecular flexibility index (Phi) is 5.50. The number of hydrogen-bond acceptors (Lipinski definition) is 7. The second-order valence-electron chi connectivity index (χ2n) is 7.05. The van der Waals surface area contributed by atoms with Gasteiger partial charge in [0, 0.05) is 23.0 Å². The highest BCUT2D eigenvalue weighted by Crippen LogP contribution is 2.50. The molecule has 4 rings (SSSR count). The van der Waals surface area contributed by atoms with E-state index < -0.39 is 38.7 Å². The second kappa shape index (κ2) is 8.05. The highest BCUT2D eigenvalue weighted by atomic mass is 79.9. The van der Waals surface area contributed by atoms with Crippen molar-refractivity contribution in [3.63, 3.8) is 0 Å². The topological polar surface area (TPSA) is 164 Å². The summed E-state index contributed by atoms with van der Waals surface area (Å²) in [6.45, 7) is 0. The molecule has 0 fully saturated rings. The second-order valence-corrected chi connectivity index (χ2v) is 8.63. The summed E-state index contributed by atoms with van der Waals surface area (Å²) in [6, 6.07) is 6.82. The van der Waals surface area contributed by atoms with E-state index in [2.05, 4.69) is 31.9 Å². The maximum atomic E-state index is 12.6. The lowest BCUT2D eigenvalue weighted by atomic mass is 9.76. The molecule has 12 heteroatoms. The Hall–Kier alpha value is -3.64. The predicted octanol–water partition coefficient (Wildman–Crippen LogP) is 3.88. The van der Waals surface area contributed by atoms with Gasteiger partial charge < -0.3 is 10.2 Å². The zero-order valence-corrected chi connectivity index (χ0v) is 19.3. The molecule has 1 N–H and O–H groups in total. The van der Waals surface area contributed by atoms with E-state index in [9.17, 15) is 40.0 Å². The Labute approximate surface area is 201 Å². The van der Waals surface area contributed by atoms with Crippen molar-refractivity contribution < 1.29 is 29.6 Å². The first kappa shape index (κ1) is 22.6. The maximum absolute atomic E-state index is 12.6. The molecule has 2 aromatic rings. The minimum Gasteiger partial charge on any atom is -0.867 e. The summed E-state index contributed by atoms with van der Waals surface area (Å²) < 4.78 is -0.222. The van der Waals surface area contributed by atoms with Crippen molar-refractivity contribution in [2.45, 2.75) is 6.42 Å². The van der Waals surface area contributed by atoms with Crippen molar-refractivity contribution in [2.75, 3.05) is 0 Å². The number of carboxylic acid groups (broad SMARTS) is 1. The molecule has 0 atom stereocenters. The van der Waals surface area contributed by atoms with Gasteiger partial charge >= 0.3 is 11.7 Å². The molecule has 0 saturated carbocycles. The summed E-state index contributed by atoms with van der Waals surface area (Å²) in [5, 5.41) is 45.3. The molecule has 2 aliphatic rings. The van der Waals surface area contributed by atoms with Gasteiger partial charge in [0.1, 0.15) is 0 Å². The number of hydrogen-bond donors (Lipinski definition) is 1. The average Bonchev–Trinajstić information content (AvgIpc) is 2.77. The first-order chi connectivity index (χ1) is 15.5. The van der Waals surface area contributed by atoms with Gasteiger partial charge in [-0.25, -0.2) is 4.79 Å². The number of halogens is 2. The van der Waals surface area contributed by atoms with Crippen molar-refractivity contribution in [1.82, 2.24) is 0 Å². The number of nitro benzene ring substituents is 1. The number of benzene rings is 2. The number of ketones is 1. The van der Waals surface area contributed by atoms with Crippen LogP contribution in [0.25, 0.3) is 5.57 Å². The Morgan fingerprint density at radius 1 is 1.06 bits per heavy atom.